The molecule has 0 saturated heterocycles. The monoisotopic (exact) mass is 297 g/mol. The minimum Gasteiger partial charge on any atom is -0.480 e. The fourth-order valence-corrected chi connectivity index (χ4v) is 2.71. The number of hydrogen-bond donors (Lipinski definition) is 3. The van der Waals surface area contributed by atoms with Gasteiger partial charge in [-0.3, -0.25) is 4.79 Å². The molecule has 2 aromatic rings. The van der Waals surface area contributed by atoms with Crippen LogP contribution in [0, 0.1) is 5.82 Å². The zero-order valence-electron chi connectivity index (χ0n) is 10.5. The summed E-state index contributed by atoms with van der Waals surface area (Å²) in [6.45, 7) is 1.28. The molecule has 7 heteroatoms. The minimum atomic E-state index is -1.38. The summed E-state index contributed by atoms with van der Waals surface area (Å²) in [6.07, 6.45) is -1.22. The van der Waals surface area contributed by atoms with Gasteiger partial charge in [0.25, 0.3) is 5.91 Å². The first kappa shape index (κ1) is 14.4. The molecular formula is C13H12FNO4S. The van der Waals surface area contributed by atoms with Gasteiger partial charge in [0.2, 0.25) is 0 Å². The Bertz CT molecular complexity index is 667. The smallest absolute Gasteiger partial charge is 0.328 e. The number of fused-ring (bicyclic) bond motifs is 1. The third-order valence-corrected chi connectivity index (χ3v) is 3.84. The predicted octanol–water partition coefficient (Wildman–Crippen LogP) is 1.60. The molecule has 0 saturated carbocycles. The van der Waals surface area contributed by atoms with Crippen molar-refractivity contribution in [2.45, 2.75) is 19.1 Å². The normalized spacial score (nSPS) is 13.9. The molecule has 1 aromatic heterocycles. The molecule has 3 N–H and O–H groups in total. The highest BCUT2D eigenvalue weighted by Gasteiger charge is 2.26. The third kappa shape index (κ3) is 2.94. The third-order valence-electron chi connectivity index (χ3n) is 2.74. The largest absolute Gasteiger partial charge is 0.480 e. The lowest BCUT2D eigenvalue weighted by molar-refractivity contribution is -0.141. The summed E-state index contributed by atoms with van der Waals surface area (Å²) in [4.78, 5) is 23.1. The summed E-state index contributed by atoms with van der Waals surface area (Å²) >= 11 is 1.06. The molecule has 0 fully saturated rings. The molecular weight excluding hydrogens is 285 g/mol. The SMILES string of the molecule is CC(O)C(NC(=O)c1cc2ccc(F)cc2s1)C(=O)O. The van der Waals surface area contributed by atoms with Gasteiger partial charge in [0.15, 0.2) is 6.04 Å². The molecule has 1 amide bonds. The van der Waals surface area contributed by atoms with E-state index in [-0.39, 0.29) is 4.88 Å². The summed E-state index contributed by atoms with van der Waals surface area (Å²) in [7, 11) is 0. The number of carboxylic acid groups (broad SMARTS) is 1. The van der Waals surface area contributed by atoms with Crippen LogP contribution in [0.25, 0.3) is 10.1 Å². The number of benzene rings is 1. The highest BCUT2D eigenvalue weighted by molar-refractivity contribution is 7.20. The number of thiophene rings is 1. The van der Waals surface area contributed by atoms with E-state index in [0.717, 1.165) is 11.3 Å². The van der Waals surface area contributed by atoms with Gasteiger partial charge < -0.3 is 15.5 Å². The Morgan fingerprint density at radius 1 is 1.35 bits per heavy atom. The zero-order chi connectivity index (χ0) is 14.9. The number of halogens is 1. The molecule has 0 radical (unpaired) electrons. The fourth-order valence-electron chi connectivity index (χ4n) is 1.72. The van der Waals surface area contributed by atoms with Crippen molar-refractivity contribution in [2.75, 3.05) is 0 Å². The average Bonchev–Trinajstić information content (AvgIpc) is 2.77. The van der Waals surface area contributed by atoms with Crippen molar-refractivity contribution in [1.29, 1.82) is 0 Å². The second kappa shape index (κ2) is 5.56. The molecule has 0 bridgehead atoms. The maximum absolute atomic E-state index is 13.1. The number of nitrogens with one attached hydrogen (secondary N) is 1. The molecule has 20 heavy (non-hydrogen) atoms. The maximum atomic E-state index is 13.1. The van der Waals surface area contributed by atoms with Gasteiger partial charge in [0, 0.05) is 4.70 Å². The highest BCUT2D eigenvalue weighted by atomic mass is 32.1. The number of amides is 1. The van der Waals surface area contributed by atoms with Gasteiger partial charge in [-0.2, -0.15) is 0 Å². The number of carbonyl (C=O) groups excluding carboxylic acids is 1. The number of hydrogen-bond acceptors (Lipinski definition) is 4. The molecule has 0 aliphatic heterocycles. The van der Waals surface area contributed by atoms with Gasteiger partial charge in [0.05, 0.1) is 11.0 Å². The van der Waals surface area contributed by atoms with E-state index >= 15 is 0 Å². The van der Waals surface area contributed by atoms with E-state index in [1.54, 1.807) is 12.1 Å². The van der Waals surface area contributed by atoms with E-state index in [1.807, 2.05) is 0 Å². The molecule has 2 rings (SSSR count). The fraction of sp³-hybridized carbons (Fsp3) is 0.231. The van der Waals surface area contributed by atoms with E-state index < -0.39 is 29.8 Å². The van der Waals surface area contributed by atoms with Gasteiger partial charge in [-0.1, -0.05) is 6.07 Å². The van der Waals surface area contributed by atoms with Crippen LogP contribution in [-0.2, 0) is 4.79 Å². The Hall–Kier alpha value is -1.99. The first-order chi connectivity index (χ1) is 9.38. The van der Waals surface area contributed by atoms with Crippen molar-refractivity contribution in [2.24, 2.45) is 0 Å². The maximum Gasteiger partial charge on any atom is 0.328 e. The summed E-state index contributed by atoms with van der Waals surface area (Å²) < 4.78 is 13.7. The van der Waals surface area contributed by atoms with Crippen LogP contribution in [0.5, 0.6) is 0 Å². The van der Waals surface area contributed by atoms with E-state index in [2.05, 4.69) is 5.32 Å². The van der Waals surface area contributed by atoms with Crippen molar-refractivity contribution in [3.63, 3.8) is 0 Å². The van der Waals surface area contributed by atoms with Gasteiger partial charge in [0.1, 0.15) is 5.82 Å². The van der Waals surface area contributed by atoms with Gasteiger partial charge in [-0.25, -0.2) is 9.18 Å². The van der Waals surface area contributed by atoms with Gasteiger partial charge >= 0.3 is 5.97 Å². The van der Waals surface area contributed by atoms with Crippen molar-refractivity contribution < 1.29 is 24.2 Å². The Balaban J connectivity index is 2.25. The Morgan fingerprint density at radius 2 is 2.05 bits per heavy atom. The molecule has 1 aromatic carbocycles. The molecule has 2 unspecified atom stereocenters. The summed E-state index contributed by atoms with van der Waals surface area (Å²) in [5.74, 6) is -2.33. The lowest BCUT2D eigenvalue weighted by Crippen LogP contribution is -2.47. The van der Waals surface area contributed by atoms with E-state index in [4.69, 9.17) is 5.11 Å². The van der Waals surface area contributed by atoms with Crippen LogP contribution in [0.2, 0.25) is 0 Å². The van der Waals surface area contributed by atoms with E-state index in [0.29, 0.717) is 10.1 Å². The van der Waals surface area contributed by atoms with Crippen molar-refractivity contribution in [1.82, 2.24) is 5.32 Å². The Kier molecular flexibility index (Phi) is 4.01. The molecule has 2 atom stereocenters. The number of aliphatic hydroxyl groups excluding tert-OH is 1. The number of rotatable bonds is 4. The molecule has 0 aliphatic carbocycles. The Morgan fingerprint density at radius 3 is 2.65 bits per heavy atom. The first-order valence-electron chi connectivity index (χ1n) is 5.79. The Labute approximate surface area is 117 Å². The van der Waals surface area contributed by atoms with E-state index in [1.165, 1.54) is 19.1 Å². The van der Waals surface area contributed by atoms with Crippen LogP contribution < -0.4 is 5.32 Å². The highest BCUT2D eigenvalue weighted by Crippen LogP contribution is 2.26. The molecule has 0 spiro atoms. The van der Waals surface area contributed by atoms with Crippen LogP contribution in [0.15, 0.2) is 24.3 Å². The van der Waals surface area contributed by atoms with Gasteiger partial charge in [-0.05, 0) is 30.5 Å². The minimum absolute atomic E-state index is 0.262. The van der Waals surface area contributed by atoms with Crippen LogP contribution in [0.1, 0.15) is 16.6 Å². The van der Waals surface area contributed by atoms with Crippen LogP contribution in [-0.4, -0.2) is 34.2 Å². The van der Waals surface area contributed by atoms with Crippen LogP contribution >= 0.6 is 11.3 Å². The topological polar surface area (TPSA) is 86.6 Å². The lowest BCUT2D eigenvalue weighted by atomic mass is 10.2. The quantitative estimate of drug-likeness (QED) is 0.800. The average molecular weight is 297 g/mol. The summed E-state index contributed by atoms with van der Waals surface area (Å²) in [5.41, 5.74) is 0. The number of carboxylic acids is 1. The molecule has 5 nitrogen and oxygen atoms in total. The van der Waals surface area contributed by atoms with Crippen LogP contribution in [0.4, 0.5) is 4.39 Å². The second-order valence-corrected chi connectivity index (χ2v) is 5.41. The first-order valence-corrected chi connectivity index (χ1v) is 6.61. The number of aliphatic carboxylic acids is 1. The second-order valence-electron chi connectivity index (χ2n) is 4.32. The lowest BCUT2D eigenvalue weighted by Gasteiger charge is -2.16. The van der Waals surface area contributed by atoms with Crippen molar-refractivity contribution in [3.05, 3.63) is 35.0 Å². The van der Waals surface area contributed by atoms with Gasteiger partial charge in [-0.15, -0.1) is 11.3 Å². The van der Waals surface area contributed by atoms with Crippen molar-refractivity contribution in [3.8, 4) is 0 Å². The molecule has 1 heterocycles. The van der Waals surface area contributed by atoms with E-state index in [9.17, 15) is 19.1 Å². The standard InChI is InChI=1S/C13H12FNO4S/c1-6(16)11(13(18)19)15-12(17)10-4-7-2-3-8(14)5-9(7)20-10/h2-6,11,16H,1H3,(H,15,17)(H,18,19). The number of aliphatic hydroxyl groups is 1. The number of carbonyl (C=O) groups is 2. The summed E-state index contributed by atoms with van der Waals surface area (Å²) in [5, 5.41) is 21.1. The summed E-state index contributed by atoms with van der Waals surface area (Å²) in [6, 6.07) is 4.30. The van der Waals surface area contributed by atoms with Crippen molar-refractivity contribution >= 4 is 33.3 Å². The predicted molar refractivity (Wildman–Crippen MR) is 72.4 cm³/mol. The molecule has 106 valence electrons. The zero-order valence-corrected chi connectivity index (χ0v) is 11.3. The molecule has 0 aliphatic rings. The van der Waals surface area contributed by atoms with Crippen LogP contribution in [0.3, 0.4) is 0 Å².